The van der Waals surface area contributed by atoms with Crippen LogP contribution in [0.3, 0.4) is 0 Å². The van der Waals surface area contributed by atoms with Gasteiger partial charge in [-0.3, -0.25) is 9.36 Å². The summed E-state index contributed by atoms with van der Waals surface area (Å²) in [5.74, 6) is 0.111. The fourth-order valence-electron chi connectivity index (χ4n) is 2.41. The number of aromatic nitrogens is 2. The van der Waals surface area contributed by atoms with E-state index in [0.29, 0.717) is 17.9 Å². The van der Waals surface area contributed by atoms with E-state index in [1.807, 2.05) is 31.2 Å². The molecule has 0 fully saturated rings. The second kappa shape index (κ2) is 4.50. The van der Waals surface area contributed by atoms with Gasteiger partial charge in [-0.2, -0.15) is 4.98 Å². The van der Waals surface area contributed by atoms with Crippen molar-refractivity contribution in [3.63, 3.8) is 0 Å². The van der Waals surface area contributed by atoms with Crippen molar-refractivity contribution >= 4 is 11.7 Å². The van der Waals surface area contributed by atoms with Crippen LogP contribution in [0, 0.1) is 0 Å². The zero-order chi connectivity index (χ0) is 13.4. The van der Waals surface area contributed by atoms with Crippen molar-refractivity contribution in [3.8, 4) is 5.88 Å². The molecule has 0 radical (unpaired) electrons. The molecule has 19 heavy (non-hydrogen) atoms. The molecule has 0 bridgehead atoms. The quantitative estimate of drug-likeness (QED) is 0.901. The fraction of sp³-hybridized carbons (Fsp3) is 0.357. The summed E-state index contributed by atoms with van der Waals surface area (Å²) >= 11 is 0. The standard InChI is InChI=1S/C14H15N3O2/c1-2-3-6-9-12(18)16-14-15-10-7-4-5-8-11(10)17(14)13(9)19/h4-5,7-8,11,18H,2-3,6H2,1H3. The molecule has 2 heterocycles. The predicted octanol–water partition coefficient (Wildman–Crippen LogP) is 2.04. The molecule has 0 saturated heterocycles. The van der Waals surface area contributed by atoms with Crippen molar-refractivity contribution in [2.24, 2.45) is 4.99 Å². The molecule has 98 valence electrons. The Morgan fingerprint density at radius 3 is 3.05 bits per heavy atom. The molecule has 0 saturated carbocycles. The summed E-state index contributed by atoms with van der Waals surface area (Å²) < 4.78 is 1.56. The van der Waals surface area contributed by atoms with E-state index < -0.39 is 0 Å². The first-order valence-electron chi connectivity index (χ1n) is 6.50. The molecular formula is C14H15N3O2. The number of rotatable bonds is 3. The molecule has 0 spiro atoms. The SMILES string of the molecule is CCCCc1c(O)nc2n(c1=O)C1C=CC=CC1=N2. The molecule has 1 atom stereocenters. The van der Waals surface area contributed by atoms with Crippen molar-refractivity contribution in [1.29, 1.82) is 0 Å². The van der Waals surface area contributed by atoms with Gasteiger partial charge in [-0.25, -0.2) is 4.99 Å². The van der Waals surface area contributed by atoms with Crippen molar-refractivity contribution < 1.29 is 5.11 Å². The van der Waals surface area contributed by atoms with Crippen LogP contribution < -0.4 is 5.56 Å². The maximum Gasteiger partial charge on any atom is 0.262 e. The Hall–Kier alpha value is -2.17. The van der Waals surface area contributed by atoms with Crippen LogP contribution in [0.25, 0.3) is 0 Å². The number of allylic oxidation sites excluding steroid dienone is 4. The highest BCUT2D eigenvalue weighted by molar-refractivity contribution is 6.03. The summed E-state index contributed by atoms with van der Waals surface area (Å²) in [4.78, 5) is 20.8. The largest absolute Gasteiger partial charge is 0.493 e. The maximum absolute atomic E-state index is 12.5. The van der Waals surface area contributed by atoms with Crippen molar-refractivity contribution in [3.05, 3.63) is 40.2 Å². The van der Waals surface area contributed by atoms with Crippen LogP contribution in [0.4, 0.5) is 5.95 Å². The van der Waals surface area contributed by atoms with Crippen LogP contribution in [0.15, 0.2) is 34.1 Å². The van der Waals surface area contributed by atoms with Gasteiger partial charge in [-0.15, -0.1) is 0 Å². The van der Waals surface area contributed by atoms with Gasteiger partial charge < -0.3 is 5.11 Å². The lowest BCUT2D eigenvalue weighted by molar-refractivity contribution is 0.438. The molecule has 1 aliphatic heterocycles. The highest BCUT2D eigenvalue weighted by atomic mass is 16.3. The van der Waals surface area contributed by atoms with Crippen molar-refractivity contribution in [1.82, 2.24) is 9.55 Å². The maximum atomic E-state index is 12.5. The monoisotopic (exact) mass is 257 g/mol. The van der Waals surface area contributed by atoms with E-state index in [-0.39, 0.29) is 17.5 Å². The Morgan fingerprint density at radius 1 is 1.42 bits per heavy atom. The molecule has 1 aromatic heterocycles. The van der Waals surface area contributed by atoms with Crippen LogP contribution in [0.2, 0.25) is 0 Å². The van der Waals surface area contributed by atoms with Crippen molar-refractivity contribution in [2.45, 2.75) is 32.2 Å². The lowest BCUT2D eigenvalue weighted by Crippen LogP contribution is -2.28. The molecule has 1 N–H and O–H groups in total. The number of aliphatic imine (C=N–C) groups is 1. The number of fused-ring (bicyclic) bond motifs is 3. The molecule has 2 aliphatic rings. The highest BCUT2D eigenvalue weighted by Gasteiger charge is 2.28. The van der Waals surface area contributed by atoms with Crippen LogP contribution >= 0.6 is 0 Å². The molecule has 3 rings (SSSR count). The Bertz CT molecular complexity index is 668. The summed E-state index contributed by atoms with van der Waals surface area (Å²) in [5, 5.41) is 9.89. The minimum atomic E-state index is -0.181. The average Bonchev–Trinajstić information content (AvgIpc) is 2.76. The van der Waals surface area contributed by atoms with Gasteiger partial charge in [0.05, 0.1) is 11.3 Å². The topological polar surface area (TPSA) is 67.5 Å². The summed E-state index contributed by atoms with van der Waals surface area (Å²) in [6.07, 6.45) is 9.93. The highest BCUT2D eigenvalue weighted by Crippen LogP contribution is 2.30. The Morgan fingerprint density at radius 2 is 2.26 bits per heavy atom. The minimum Gasteiger partial charge on any atom is -0.493 e. The molecule has 0 amide bonds. The van der Waals surface area contributed by atoms with E-state index >= 15 is 0 Å². The Labute approximate surface area is 110 Å². The lowest BCUT2D eigenvalue weighted by atomic mass is 10.1. The number of unbranched alkanes of at least 4 members (excludes halogenated alkanes) is 1. The first-order valence-corrected chi connectivity index (χ1v) is 6.50. The number of nitrogens with zero attached hydrogens (tertiary/aromatic N) is 3. The van der Waals surface area contributed by atoms with E-state index in [1.54, 1.807) is 4.57 Å². The van der Waals surface area contributed by atoms with Crippen LogP contribution in [0.5, 0.6) is 5.88 Å². The van der Waals surface area contributed by atoms with Gasteiger partial charge in [0.2, 0.25) is 11.8 Å². The zero-order valence-electron chi connectivity index (χ0n) is 10.7. The van der Waals surface area contributed by atoms with Crippen molar-refractivity contribution in [2.75, 3.05) is 0 Å². The van der Waals surface area contributed by atoms with E-state index in [0.717, 1.165) is 18.6 Å². The summed E-state index contributed by atoms with van der Waals surface area (Å²) in [7, 11) is 0. The van der Waals surface area contributed by atoms with Gasteiger partial charge in [-0.05, 0) is 18.9 Å². The molecule has 1 unspecified atom stereocenters. The molecular weight excluding hydrogens is 242 g/mol. The normalized spacial score (nSPS) is 19.2. The first kappa shape index (κ1) is 11.9. The second-order valence-corrected chi connectivity index (χ2v) is 4.72. The third kappa shape index (κ3) is 1.82. The first-order chi connectivity index (χ1) is 9.22. The summed E-state index contributed by atoms with van der Waals surface area (Å²) in [6, 6.07) is -0.180. The third-order valence-electron chi connectivity index (χ3n) is 3.43. The van der Waals surface area contributed by atoms with Gasteiger partial charge in [0.1, 0.15) is 6.04 Å². The predicted molar refractivity (Wildman–Crippen MR) is 73.2 cm³/mol. The minimum absolute atomic E-state index is 0.180. The van der Waals surface area contributed by atoms with Gasteiger partial charge in [0.25, 0.3) is 5.56 Å². The Balaban J connectivity index is 2.12. The summed E-state index contributed by atoms with van der Waals surface area (Å²) in [6.45, 7) is 2.05. The molecule has 1 aliphatic carbocycles. The second-order valence-electron chi connectivity index (χ2n) is 4.72. The van der Waals surface area contributed by atoms with Gasteiger partial charge in [0.15, 0.2) is 0 Å². The van der Waals surface area contributed by atoms with Gasteiger partial charge in [-0.1, -0.05) is 31.6 Å². The lowest BCUT2D eigenvalue weighted by Gasteiger charge is -2.14. The molecule has 0 aromatic carbocycles. The van der Waals surface area contributed by atoms with E-state index in [9.17, 15) is 9.90 Å². The van der Waals surface area contributed by atoms with Gasteiger partial charge in [0, 0.05) is 0 Å². The Kier molecular flexibility index (Phi) is 2.81. The van der Waals surface area contributed by atoms with Crippen LogP contribution in [-0.4, -0.2) is 20.4 Å². The number of hydrogen-bond donors (Lipinski definition) is 1. The molecule has 5 nitrogen and oxygen atoms in total. The third-order valence-corrected chi connectivity index (χ3v) is 3.43. The molecule has 5 heteroatoms. The average molecular weight is 257 g/mol. The molecule has 1 aromatic rings. The smallest absolute Gasteiger partial charge is 0.262 e. The van der Waals surface area contributed by atoms with Crippen LogP contribution in [-0.2, 0) is 6.42 Å². The fourth-order valence-corrected chi connectivity index (χ4v) is 2.41. The number of hydrogen-bond acceptors (Lipinski definition) is 4. The number of aromatic hydroxyl groups is 1. The van der Waals surface area contributed by atoms with E-state index in [1.165, 1.54) is 0 Å². The summed E-state index contributed by atoms with van der Waals surface area (Å²) in [5.41, 5.74) is 1.00. The van der Waals surface area contributed by atoms with Gasteiger partial charge >= 0.3 is 0 Å². The van der Waals surface area contributed by atoms with E-state index in [2.05, 4.69) is 9.98 Å². The van der Waals surface area contributed by atoms with Crippen LogP contribution in [0.1, 0.15) is 31.4 Å². The zero-order valence-corrected chi connectivity index (χ0v) is 10.7. The van der Waals surface area contributed by atoms with E-state index in [4.69, 9.17) is 0 Å².